The molecule has 0 saturated carbocycles. The maximum Gasteiger partial charge on any atom is 0.417 e. The van der Waals surface area contributed by atoms with Crippen LogP contribution in [0.1, 0.15) is 22.8 Å². The Morgan fingerprint density at radius 1 is 1.44 bits per heavy atom. The summed E-state index contributed by atoms with van der Waals surface area (Å²) in [6.07, 6.45) is -4.69. The SMILES string of the molecule is CC#CCNc1ccc(C(F)(F)F)c(C(=O)O)c1. The molecule has 0 saturated heterocycles. The van der Waals surface area contributed by atoms with Crippen molar-refractivity contribution in [3.8, 4) is 11.8 Å². The van der Waals surface area contributed by atoms with Gasteiger partial charge in [0.15, 0.2) is 0 Å². The van der Waals surface area contributed by atoms with Crippen LogP contribution in [0, 0.1) is 11.8 Å². The molecule has 0 bridgehead atoms. The van der Waals surface area contributed by atoms with Crippen LogP contribution in [0.2, 0.25) is 0 Å². The van der Waals surface area contributed by atoms with Crippen molar-refractivity contribution < 1.29 is 23.1 Å². The van der Waals surface area contributed by atoms with Crippen LogP contribution in [0.5, 0.6) is 0 Å². The number of hydrogen-bond acceptors (Lipinski definition) is 2. The normalized spacial score (nSPS) is 10.4. The lowest BCUT2D eigenvalue weighted by atomic mass is 10.1. The van der Waals surface area contributed by atoms with Gasteiger partial charge in [-0.15, -0.1) is 5.92 Å². The highest BCUT2D eigenvalue weighted by molar-refractivity contribution is 5.91. The second kappa shape index (κ2) is 5.45. The Balaban J connectivity index is 3.10. The maximum atomic E-state index is 12.5. The first-order chi connectivity index (χ1) is 8.36. The highest BCUT2D eigenvalue weighted by Gasteiger charge is 2.35. The van der Waals surface area contributed by atoms with Gasteiger partial charge in [-0.2, -0.15) is 13.2 Å². The van der Waals surface area contributed by atoms with E-state index in [0.29, 0.717) is 0 Å². The van der Waals surface area contributed by atoms with Crippen LogP contribution < -0.4 is 5.32 Å². The number of anilines is 1. The van der Waals surface area contributed by atoms with Crippen molar-refractivity contribution in [3.05, 3.63) is 29.3 Å². The van der Waals surface area contributed by atoms with E-state index in [1.54, 1.807) is 6.92 Å². The van der Waals surface area contributed by atoms with Gasteiger partial charge < -0.3 is 10.4 Å². The third kappa shape index (κ3) is 3.42. The molecule has 3 nitrogen and oxygen atoms in total. The molecule has 0 aliphatic rings. The van der Waals surface area contributed by atoms with Gasteiger partial charge in [-0.1, -0.05) is 5.92 Å². The number of alkyl halides is 3. The van der Waals surface area contributed by atoms with Crippen LogP contribution in [-0.4, -0.2) is 17.6 Å². The first kappa shape index (κ1) is 13.9. The van der Waals surface area contributed by atoms with Gasteiger partial charge in [-0.05, 0) is 25.1 Å². The Morgan fingerprint density at radius 2 is 2.11 bits per heavy atom. The van der Waals surface area contributed by atoms with Gasteiger partial charge in [-0.25, -0.2) is 4.79 Å². The van der Waals surface area contributed by atoms with E-state index in [1.807, 2.05) is 0 Å². The first-order valence-corrected chi connectivity index (χ1v) is 4.94. The topological polar surface area (TPSA) is 49.3 Å². The second-order valence-electron chi connectivity index (χ2n) is 3.34. The largest absolute Gasteiger partial charge is 0.478 e. The van der Waals surface area contributed by atoms with Crippen LogP contribution in [0.4, 0.5) is 18.9 Å². The summed E-state index contributed by atoms with van der Waals surface area (Å²) in [6, 6.07) is 2.86. The molecule has 1 aromatic carbocycles. The van der Waals surface area contributed by atoms with E-state index >= 15 is 0 Å². The summed E-state index contributed by atoms with van der Waals surface area (Å²) >= 11 is 0. The lowest BCUT2D eigenvalue weighted by Crippen LogP contribution is -2.13. The van der Waals surface area contributed by atoms with Gasteiger partial charge in [0, 0.05) is 5.69 Å². The van der Waals surface area contributed by atoms with Crippen LogP contribution in [0.15, 0.2) is 18.2 Å². The zero-order valence-corrected chi connectivity index (χ0v) is 9.43. The minimum Gasteiger partial charge on any atom is -0.478 e. The van der Waals surface area contributed by atoms with Gasteiger partial charge in [0.1, 0.15) is 0 Å². The predicted octanol–water partition coefficient (Wildman–Crippen LogP) is 2.84. The molecule has 18 heavy (non-hydrogen) atoms. The number of carbonyl (C=O) groups is 1. The summed E-state index contributed by atoms with van der Waals surface area (Å²) in [4.78, 5) is 10.8. The molecule has 96 valence electrons. The van der Waals surface area contributed by atoms with E-state index in [-0.39, 0.29) is 12.2 Å². The Bertz CT molecular complexity index is 512. The highest BCUT2D eigenvalue weighted by atomic mass is 19.4. The van der Waals surface area contributed by atoms with Crippen LogP contribution in [-0.2, 0) is 6.18 Å². The number of aromatic carboxylic acids is 1. The van der Waals surface area contributed by atoms with Gasteiger partial charge in [0.25, 0.3) is 0 Å². The van der Waals surface area contributed by atoms with Crippen molar-refractivity contribution in [2.75, 3.05) is 11.9 Å². The Labute approximate surface area is 102 Å². The lowest BCUT2D eigenvalue weighted by molar-refractivity contribution is -0.138. The van der Waals surface area contributed by atoms with Crippen molar-refractivity contribution in [1.82, 2.24) is 0 Å². The van der Waals surface area contributed by atoms with Crippen LogP contribution in [0.3, 0.4) is 0 Å². The molecule has 0 radical (unpaired) electrons. The Kier molecular flexibility index (Phi) is 4.21. The fourth-order valence-electron chi connectivity index (χ4n) is 1.31. The van der Waals surface area contributed by atoms with E-state index in [4.69, 9.17) is 5.11 Å². The molecule has 2 N–H and O–H groups in total. The fraction of sp³-hybridized carbons (Fsp3) is 0.250. The molecule has 1 aromatic rings. The first-order valence-electron chi connectivity index (χ1n) is 4.94. The van der Waals surface area contributed by atoms with Crippen molar-refractivity contribution in [2.45, 2.75) is 13.1 Å². The zero-order valence-electron chi connectivity index (χ0n) is 9.43. The molecular weight excluding hydrogens is 247 g/mol. The van der Waals surface area contributed by atoms with Crippen molar-refractivity contribution in [2.24, 2.45) is 0 Å². The summed E-state index contributed by atoms with van der Waals surface area (Å²) in [5, 5.41) is 11.5. The Hall–Kier alpha value is -2.16. The van der Waals surface area contributed by atoms with E-state index in [9.17, 15) is 18.0 Å². The van der Waals surface area contributed by atoms with Crippen LogP contribution >= 0.6 is 0 Å². The molecule has 0 aliphatic carbocycles. The third-order valence-electron chi connectivity index (χ3n) is 2.11. The van der Waals surface area contributed by atoms with E-state index < -0.39 is 23.3 Å². The maximum absolute atomic E-state index is 12.5. The molecule has 0 spiro atoms. The molecule has 6 heteroatoms. The number of halogens is 3. The minimum atomic E-state index is -4.69. The predicted molar refractivity (Wildman–Crippen MR) is 60.3 cm³/mol. The molecule has 0 amide bonds. The van der Waals surface area contributed by atoms with Gasteiger partial charge in [0.05, 0.1) is 17.7 Å². The van der Waals surface area contributed by atoms with Gasteiger partial charge in [-0.3, -0.25) is 0 Å². The smallest absolute Gasteiger partial charge is 0.417 e. The van der Waals surface area contributed by atoms with Crippen molar-refractivity contribution in [3.63, 3.8) is 0 Å². The van der Waals surface area contributed by atoms with Gasteiger partial charge >= 0.3 is 12.1 Å². The summed E-state index contributed by atoms with van der Waals surface area (Å²) in [5.41, 5.74) is -1.66. The number of benzene rings is 1. The monoisotopic (exact) mass is 257 g/mol. The molecule has 0 atom stereocenters. The standard InChI is InChI=1S/C12H10F3NO2/c1-2-3-6-16-8-4-5-10(12(13,14)15)9(7-8)11(17)18/h4-5,7,16H,6H2,1H3,(H,17,18). The Morgan fingerprint density at radius 3 is 2.61 bits per heavy atom. The molecule has 1 rings (SSSR count). The van der Waals surface area contributed by atoms with E-state index in [2.05, 4.69) is 17.2 Å². The minimum absolute atomic E-state index is 0.237. The summed E-state index contributed by atoms with van der Waals surface area (Å²) in [5.74, 6) is 3.64. The second-order valence-corrected chi connectivity index (χ2v) is 3.34. The lowest BCUT2D eigenvalue weighted by Gasteiger charge is -2.12. The summed E-state index contributed by atoms with van der Waals surface area (Å²) < 4.78 is 37.6. The molecular formula is C12H10F3NO2. The van der Waals surface area contributed by atoms with Crippen LogP contribution in [0.25, 0.3) is 0 Å². The number of carboxylic acid groups (broad SMARTS) is 1. The quantitative estimate of drug-likeness (QED) is 0.818. The average Bonchev–Trinajstić information content (AvgIpc) is 2.27. The van der Waals surface area contributed by atoms with Gasteiger partial charge in [0.2, 0.25) is 0 Å². The fourth-order valence-corrected chi connectivity index (χ4v) is 1.31. The summed E-state index contributed by atoms with van der Waals surface area (Å²) in [7, 11) is 0. The third-order valence-corrected chi connectivity index (χ3v) is 2.11. The number of rotatable bonds is 3. The molecule has 0 aromatic heterocycles. The summed E-state index contributed by atoms with van der Waals surface area (Å²) in [6.45, 7) is 1.86. The van der Waals surface area contributed by atoms with Crippen molar-refractivity contribution in [1.29, 1.82) is 0 Å². The van der Waals surface area contributed by atoms with Crippen molar-refractivity contribution >= 4 is 11.7 Å². The number of nitrogens with one attached hydrogen (secondary N) is 1. The molecule has 0 unspecified atom stereocenters. The van der Waals surface area contributed by atoms with E-state index in [1.165, 1.54) is 6.07 Å². The number of carboxylic acids is 1. The number of hydrogen-bond donors (Lipinski definition) is 2. The molecule has 0 heterocycles. The highest BCUT2D eigenvalue weighted by Crippen LogP contribution is 2.33. The average molecular weight is 257 g/mol. The van der Waals surface area contributed by atoms with E-state index in [0.717, 1.165) is 12.1 Å². The zero-order chi connectivity index (χ0) is 13.8. The molecule has 0 fully saturated rings. The molecule has 0 aliphatic heterocycles.